The molecule has 0 atom stereocenters. The summed E-state index contributed by atoms with van der Waals surface area (Å²) in [6, 6.07) is 8.16. The number of carbonyl (C=O) groups excluding carboxylic acids is 1. The number of aliphatic hydroxyl groups is 1. The van der Waals surface area contributed by atoms with Crippen LogP contribution in [0.4, 0.5) is 4.79 Å². The van der Waals surface area contributed by atoms with Gasteiger partial charge in [0.05, 0.1) is 6.61 Å². The molecule has 0 spiro atoms. The second-order valence-corrected chi connectivity index (χ2v) is 5.91. The van der Waals surface area contributed by atoms with Crippen molar-refractivity contribution >= 4 is 6.03 Å². The Bertz CT molecular complexity index is 421. The zero-order chi connectivity index (χ0) is 15.2. The maximum absolute atomic E-state index is 11.9. The van der Waals surface area contributed by atoms with Gasteiger partial charge in [-0.3, -0.25) is 0 Å². The third-order valence-electron chi connectivity index (χ3n) is 3.30. The number of hydrogen-bond donors (Lipinski definition) is 2. The highest BCUT2D eigenvalue weighted by Gasteiger charge is 2.13. The quantitative estimate of drug-likeness (QED) is 0.869. The number of rotatable bonds is 5. The lowest BCUT2D eigenvalue weighted by Crippen LogP contribution is -2.41. The fourth-order valence-corrected chi connectivity index (χ4v) is 1.94. The van der Waals surface area contributed by atoms with Crippen molar-refractivity contribution in [3.63, 3.8) is 0 Å². The van der Waals surface area contributed by atoms with Crippen LogP contribution >= 0.6 is 0 Å². The van der Waals surface area contributed by atoms with Gasteiger partial charge in [0.15, 0.2) is 0 Å². The van der Waals surface area contributed by atoms with Crippen molar-refractivity contribution in [2.24, 2.45) is 0 Å². The minimum atomic E-state index is -0.138. The van der Waals surface area contributed by atoms with Crippen LogP contribution in [0.15, 0.2) is 24.3 Å². The van der Waals surface area contributed by atoms with E-state index in [0.29, 0.717) is 19.6 Å². The minimum absolute atomic E-state index is 0.0124. The normalized spacial score (nSPS) is 11.2. The molecular weight excluding hydrogens is 252 g/mol. The molecule has 0 aromatic heterocycles. The van der Waals surface area contributed by atoms with Crippen molar-refractivity contribution in [1.29, 1.82) is 0 Å². The van der Waals surface area contributed by atoms with E-state index < -0.39 is 0 Å². The van der Waals surface area contributed by atoms with Crippen molar-refractivity contribution in [3.05, 3.63) is 35.4 Å². The molecule has 0 fully saturated rings. The number of aliphatic hydroxyl groups excluding tert-OH is 1. The maximum atomic E-state index is 11.9. The summed E-state index contributed by atoms with van der Waals surface area (Å²) in [5.74, 6) is 0. The summed E-state index contributed by atoms with van der Waals surface area (Å²) >= 11 is 0. The number of carbonyl (C=O) groups is 1. The molecule has 0 heterocycles. The summed E-state index contributed by atoms with van der Waals surface area (Å²) in [5, 5.41) is 11.8. The molecule has 0 unspecified atom stereocenters. The lowest BCUT2D eigenvalue weighted by Gasteiger charge is -2.21. The van der Waals surface area contributed by atoms with E-state index in [1.165, 1.54) is 5.56 Å². The van der Waals surface area contributed by atoms with Gasteiger partial charge in [0.1, 0.15) is 0 Å². The summed E-state index contributed by atoms with van der Waals surface area (Å²) in [6.45, 7) is 9.88. The topological polar surface area (TPSA) is 52.6 Å². The van der Waals surface area contributed by atoms with E-state index in [1.807, 2.05) is 19.1 Å². The fourth-order valence-electron chi connectivity index (χ4n) is 1.94. The van der Waals surface area contributed by atoms with Crippen molar-refractivity contribution in [2.75, 3.05) is 19.7 Å². The Kier molecular flexibility index (Phi) is 6.02. The van der Waals surface area contributed by atoms with Crippen molar-refractivity contribution in [1.82, 2.24) is 10.2 Å². The molecule has 2 amide bonds. The Balaban J connectivity index is 2.55. The van der Waals surface area contributed by atoms with E-state index in [0.717, 1.165) is 5.56 Å². The number of urea groups is 1. The number of nitrogens with zero attached hydrogens (tertiary/aromatic N) is 1. The van der Waals surface area contributed by atoms with Gasteiger partial charge in [0.25, 0.3) is 0 Å². The maximum Gasteiger partial charge on any atom is 0.317 e. The molecule has 4 heteroatoms. The molecule has 1 aromatic carbocycles. The first-order chi connectivity index (χ1) is 9.38. The SMILES string of the molecule is CCN(CCO)C(=O)NCc1ccc(C(C)(C)C)cc1. The van der Waals surface area contributed by atoms with Crippen LogP contribution in [0.5, 0.6) is 0 Å². The zero-order valence-electron chi connectivity index (χ0n) is 12.9. The molecule has 2 N–H and O–H groups in total. The molecule has 0 saturated heterocycles. The molecular formula is C16H26N2O2. The van der Waals surface area contributed by atoms with Gasteiger partial charge in [-0.05, 0) is 23.5 Å². The van der Waals surface area contributed by atoms with Crippen LogP contribution in [-0.2, 0) is 12.0 Å². The third-order valence-corrected chi connectivity index (χ3v) is 3.30. The van der Waals surface area contributed by atoms with Crippen LogP contribution in [0.3, 0.4) is 0 Å². The predicted octanol–water partition coefficient (Wildman–Crippen LogP) is 2.51. The first-order valence-corrected chi connectivity index (χ1v) is 7.11. The predicted molar refractivity (Wildman–Crippen MR) is 81.7 cm³/mol. The van der Waals surface area contributed by atoms with Gasteiger partial charge in [-0.2, -0.15) is 0 Å². The Morgan fingerprint density at radius 3 is 2.30 bits per heavy atom. The molecule has 0 aliphatic carbocycles. The largest absolute Gasteiger partial charge is 0.395 e. The van der Waals surface area contributed by atoms with Gasteiger partial charge >= 0.3 is 6.03 Å². The smallest absolute Gasteiger partial charge is 0.317 e. The summed E-state index contributed by atoms with van der Waals surface area (Å²) in [5.41, 5.74) is 2.50. The van der Waals surface area contributed by atoms with Crippen LogP contribution in [0.1, 0.15) is 38.8 Å². The van der Waals surface area contributed by atoms with Crippen LogP contribution in [-0.4, -0.2) is 35.7 Å². The van der Waals surface area contributed by atoms with Gasteiger partial charge in [-0.15, -0.1) is 0 Å². The average molecular weight is 278 g/mol. The van der Waals surface area contributed by atoms with E-state index in [2.05, 4.69) is 38.2 Å². The molecule has 0 aliphatic heterocycles. The van der Waals surface area contributed by atoms with Gasteiger partial charge < -0.3 is 15.3 Å². The van der Waals surface area contributed by atoms with Crippen molar-refractivity contribution in [3.8, 4) is 0 Å². The Labute approximate surface area is 121 Å². The van der Waals surface area contributed by atoms with E-state index in [1.54, 1.807) is 4.90 Å². The fraction of sp³-hybridized carbons (Fsp3) is 0.562. The van der Waals surface area contributed by atoms with Crippen LogP contribution in [0.2, 0.25) is 0 Å². The summed E-state index contributed by atoms with van der Waals surface area (Å²) in [4.78, 5) is 13.5. The Morgan fingerprint density at radius 1 is 1.25 bits per heavy atom. The molecule has 112 valence electrons. The summed E-state index contributed by atoms with van der Waals surface area (Å²) in [6.07, 6.45) is 0. The molecule has 0 radical (unpaired) electrons. The minimum Gasteiger partial charge on any atom is -0.395 e. The number of amides is 2. The molecule has 0 saturated carbocycles. The van der Waals surface area contributed by atoms with E-state index in [4.69, 9.17) is 5.11 Å². The second kappa shape index (κ2) is 7.29. The van der Waals surface area contributed by atoms with Crippen LogP contribution in [0, 0.1) is 0 Å². The van der Waals surface area contributed by atoms with E-state index >= 15 is 0 Å². The lowest BCUT2D eigenvalue weighted by atomic mass is 9.87. The number of benzene rings is 1. The van der Waals surface area contributed by atoms with Gasteiger partial charge in [0, 0.05) is 19.6 Å². The summed E-state index contributed by atoms with van der Waals surface area (Å²) in [7, 11) is 0. The highest BCUT2D eigenvalue weighted by atomic mass is 16.3. The number of nitrogens with one attached hydrogen (secondary N) is 1. The highest BCUT2D eigenvalue weighted by Crippen LogP contribution is 2.22. The molecule has 20 heavy (non-hydrogen) atoms. The summed E-state index contributed by atoms with van der Waals surface area (Å²) < 4.78 is 0. The molecule has 4 nitrogen and oxygen atoms in total. The molecule has 1 rings (SSSR count). The average Bonchev–Trinajstić information content (AvgIpc) is 2.41. The Hall–Kier alpha value is -1.55. The van der Waals surface area contributed by atoms with Crippen LogP contribution < -0.4 is 5.32 Å². The molecule has 0 bridgehead atoms. The molecule has 1 aromatic rings. The van der Waals surface area contributed by atoms with Crippen molar-refractivity contribution in [2.45, 2.75) is 39.7 Å². The lowest BCUT2D eigenvalue weighted by molar-refractivity contribution is 0.180. The number of hydrogen-bond acceptors (Lipinski definition) is 2. The van der Waals surface area contributed by atoms with Gasteiger partial charge in [0.2, 0.25) is 0 Å². The molecule has 0 aliphatic rings. The van der Waals surface area contributed by atoms with Crippen molar-refractivity contribution < 1.29 is 9.90 Å². The van der Waals surface area contributed by atoms with Gasteiger partial charge in [-0.25, -0.2) is 4.79 Å². The third kappa shape index (κ3) is 4.85. The first kappa shape index (κ1) is 16.5. The monoisotopic (exact) mass is 278 g/mol. The highest BCUT2D eigenvalue weighted by molar-refractivity contribution is 5.74. The zero-order valence-corrected chi connectivity index (χ0v) is 12.9. The van der Waals surface area contributed by atoms with E-state index in [-0.39, 0.29) is 18.1 Å². The van der Waals surface area contributed by atoms with E-state index in [9.17, 15) is 4.79 Å². The van der Waals surface area contributed by atoms with Crippen LogP contribution in [0.25, 0.3) is 0 Å². The second-order valence-electron chi connectivity index (χ2n) is 5.91. The number of likely N-dealkylation sites (N-methyl/N-ethyl adjacent to an activating group) is 1. The van der Waals surface area contributed by atoms with Gasteiger partial charge in [-0.1, -0.05) is 45.0 Å². The Morgan fingerprint density at radius 2 is 1.85 bits per heavy atom. The standard InChI is InChI=1S/C16H26N2O2/c1-5-18(10-11-19)15(20)17-12-13-6-8-14(9-7-13)16(2,3)4/h6-9,19H,5,10-12H2,1-4H3,(H,17,20). The first-order valence-electron chi connectivity index (χ1n) is 7.11.